The van der Waals surface area contributed by atoms with E-state index in [9.17, 15) is 4.79 Å². The summed E-state index contributed by atoms with van der Waals surface area (Å²) in [5.74, 6) is 2.36. The summed E-state index contributed by atoms with van der Waals surface area (Å²) in [5, 5.41) is 1.15. The van der Waals surface area contributed by atoms with Crippen LogP contribution < -0.4 is 0 Å². The van der Waals surface area contributed by atoms with Crippen LogP contribution in [-0.2, 0) is 11.3 Å². The van der Waals surface area contributed by atoms with Gasteiger partial charge in [0.1, 0.15) is 0 Å². The van der Waals surface area contributed by atoms with E-state index in [1.165, 1.54) is 0 Å². The van der Waals surface area contributed by atoms with Crippen LogP contribution in [0.25, 0.3) is 10.1 Å². The lowest BCUT2D eigenvalue weighted by Gasteiger charge is -2.19. The molecule has 1 aromatic carbocycles. The van der Waals surface area contributed by atoms with E-state index in [0.717, 1.165) is 51.5 Å². The summed E-state index contributed by atoms with van der Waals surface area (Å²) < 4.78 is 6.49. The highest BCUT2D eigenvalue weighted by atomic mass is 32.2. The molecule has 1 saturated heterocycles. The van der Waals surface area contributed by atoms with Crippen LogP contribution in [0.1, 0.15) is 21.7 Å². The zero-order valence-electron chi connectivity index (χ0n) is 12.1. The minimum atomic E-state index is 0.172. The average Bonchev–Trinajstić information content (AvgIpc) is 2.70. The van der Waals surface area contributed by atoms with Crippen molar-refractivity contribution < 1.29 is 9.53 Å². The van der Waals surface area contributed by atoms with Gasteiger partial charge in [-0.2, -0.15) is 11.8 Å². The molecule has 1 fully saturated rings. The van der Waals surface area contributed by atoms with Crippen LogP contribution in [0.4, 0.5) is 0 Å². The van der Waals surface area contributed by atoms with Crippen LogP contribution in [0.2, 0.25) is 0 Å². The number of rotatable bonds is 3. The molecule has 1 aliphatic rings. The van der Waals surface area contributed by atoms with Crippen molar-refractivity contribution in [2.45, 2.75) is 13.0 Å². The Morgan fingerprint density at radius 3 is 3.00 bits per heavy atom. The fraction of sp³-hybridized carbons (Fsp3) is 0.438. The number of fused-ring (bicyclic) bond motifs is 1. The van der Waals surface area contributed by atoms with Gasteiger partial charge >= 0.3 is 0 Å². The summed E-state index contributed by atoms with van der Waals surface area (Å²) in [7, 11) is 1.68. The van der Waals surface area contributed by atoms with Crippen LogP contribution >= 0.6 is 23.1 Å². The lowest BCUT2D eigenvalue weighted by Crippen LogP contribution is -2.32. The molecule has 0 saturated carbocycles. The summed E-state index contributed by atoms with van der Waals surface area (Å²) in [5.41, 5.74) is 1.04. The molecule has 1 aromatic heterocycles. The number of thioether (sulfide) groups is 1. The fourth-order valence-corrected chi connectivity index (χ4v) is 4.72. The van der Waals surface area contributed by atoms with Crippen molar-refractivity contribution in [1.82, 2.24) is 4.90 Å². The smallest absolute Gasteiger partial charge is 0.264 e. The number of carbonyl (C=O) groups is 1. The Morgan fingerprint density at radius 2 is 2.14 bits per heavy atom. The van der Waals surface area contributed by atoms with E-state index in [1.54, 1.807) is 18.4 Å². The Balaban J connectivity index is 1.97. The Labute approximate surface area is 133 Å². The molecule has 0 spiro atoms. The number of hydrogen-bond donors (Lipinski definition) is 0. The van der Waals surface area contributed by atoms with Gasteiger partial charge in [0, 0.05) is 36.2 Å². The van der Waals surface area contributed by atoms with E-state index in [2.05, 4.69) is 12.1 Å². The van der Waals surface area contributed by atoms with Crippen LogP contribution in [0.3, 0.4) is 0 Å². The number of thiophene rings is 1. The third-order valence-electron chi connectivity index (χ3n) is 3.69. The molecule has 5 heteroatoms. The molecule has 1 amide bonds. The highest BCUT2D eigenvalue weighted by molar-refractivity contribution is 7.99. The summed E-state index contributed by atoms with van der Waals surface area (Å²) in [4.78, 5) is 15.7. The molecule has 21 heavy (non-hydrogen) atoms. The second-order valence-electron chi connectivity index (χ2n) is 5.10. The minimum absolute atomic E-state index is 0.172. The summed E-state index contributed by atoms with van der Waals surface area (Å²) in [6, 6.07) is 8.20. The number of benzene rings is 1. The molecular weight excluding hydrogens is 302 g/mol. The number of ether oxygens (including phenoxy) is 1. The van der Waals surface area contributed by atoms with Gasteiger partial charge in [-0.05, 0) is 23.6 Å². The Morgan fingerprint density at radius 1 is 1.29 bits per heavy atom. The zero-order valence-corrected chi connectivity index (χ0v) is 13.8. The van der Waals surface area contributed by atoms with Crippen LogP contribution in [0.5, 0.6) is 0 Å². The first-order valence-corrected chi connectivity index (χ1v) is 9.14. The minimum Gasteiger partial charge on any atom is -0.380 e. The maximum atomic E-state index is 12.9. The predicted molar refractivity (Wildman–Crippen MR) is 90.4 cm³/mol. The third kappa shape index (κ3) is 3.10. The monoisotopic (exact) mass is 321 g/mol. The molecule has 2 aromatic rings. The predicted octanol–water partition coefficient (Wildman–Crippen LogP) is 3.63. The van der Waals surface area contributed by atoms with E-state index in [4.69, 9.17) is 4.74 Å². The van der Waals surface area contributed by atoms with Crippen molar-refractivity contribution in [3.8, 4) is 0 Å². The molecule has 3 nitrogen and oxygen atoms in total. The highest BCUT2D eigenvalue weighted by Crippen LogP contribution is 2.33. The molecule has 2 heterocycles. The number of hydrogen-bond acceptors (Lipinski definition) is 4. The second kappa shape index (κ2) is 6.81. The van der Waals surface area contributed by atoms with Crippen molar-refractivity contribution in [3.63, 3.8) is 0 Å². The van der Waals surface area contributed by atoms with Gasteiger partial charge in [-0.3, -0.25) is 4.79 Å². The lowest BCUT2D eigenvalue weighted by molar-refractivity contribution is 0.0769. The first-order chi connectivity index (χ1) is 10.3. The van der Waals surface area contributed by atoms with Crippen molar-refractivity contribution in [1.29, 1.82) is 0 Å². The van der Waals surface area contributed by atoms with Crippen LogP contribution in [0.15, 0.2) is 24.3 Å². The maximum Gasteiger partial charge on any atom is 0.264 e. The van der Waals surface area contributed by atoms with Gasteiger partial charge in [-0.15, -0.1) is 11.3 Å². The molecule has 1 aliphatic heterocycles. The lowest BCUT2D eigenvalue weighted by atomic mass is 10.1. The summed E-state index contributed by atoms with van der Waals surface area (Å²) in [6.45, 7) is 2.21. The van der Waals surface area contributed by atoms with Crippen LogP contribution in [-0.4, -0.2) is 42.5 Å². The van der Waals surface area contributed by atoms with E-state index in [0.29, 0.717) is 6.61 Å². The Hall–Kier alpha value is -1.04. The third-order valence-corrected chi connectivity index (χ3v) is 5.94. The summed E-state index contributed by atoms with van der Waals surface area (Å²) >= 11 is 3.53. The molecule has 0 atom stereocenters. The van der Waals surface area contributed by atoms with Crippen LogP contribution in [0, 0.1) is 0 Å². The number of nitrogens with zero attached hydrogens (tertiary/aromatic N) is 1. The van der Waals surface area contributed by atoms with Crippen molar-refractivity contribution >= 4 is 39.1 Å². The topological polar surface area (TPSA) is 29.5 Å². The highest BCUT2D eigenvalue weighted by Gasteiger charge is 2.23. The first kappa shape index (κ1) is 14.9. The largest absolute Gasteiger partial charge is 0.380 e. The molecule has 0 radical (unpaired) electrons. The molecule has 0 N–H and O–H groups in total. The number of methoxy groups -OCH3 is 1. The van der Waals surface area contributed by atoms with Gasteiger partial charge in [-0.25, -0.2) is 0 Å². The quantitative estimate of drug-likeness (QED) is 0.864. The molecule has 112 valence electrons. The molecular formula is C16H19NO2S2. The SMILES string of the molecule is COCc1c(C(=O)N2CCCSCC2)sc2ccccc12. The number of amides is 1. The normalized spacial score (nSPS) is 16.1. The second-order valence-corrected chi connectivity index (χ2v) is 7.37. The first-order valence-electron chi connectivity index (χ1n) is 7.17. The average molecular weight is 321 g/mol. The zero-order chi connectivity index (χ0) is 14.7. The van der Waals surface area contributed by atoms with Gasteiger partial charge in [-0.1, -0.05) is 18.2 Å². The van der Waals surface area contributed by atoms with E-state index >= 15 is 0 Å². The van der Waals surface area contributed by atoms with Gasteiger partial charge < -0.3 is 9.64 Å². The van der Waals surface area contributed by atoms with Crippen molar-refractivity contribution in [3.05, 3.63) is 34.7 Å². The fourth-order valence-electron chi connectivity index (χ4n) is 2.65. The van der Waals surface area contributed by atoms with E-state index < -0.39 is 0 Å². The van der Waals surface area contributed by atoms with Crippen molar-refractivity contribution in [2.75, 3.05) is 31.7 Å². The van der Waals surface area contributed by atoms with E-state index in [1.807, 2.05) is 28.8 Å². The van der Waals surface area contributed by atoms with Gasteiger partial charge in [0.2, 0.25) is 0 Å². The Kier molecular flexibility index (Phi) is 4.83. The maximum absolute atomic E-state index is 12.9. The number of carbonyl (C=O) groups excluding carboxylic acids is 1. The molecule has 0 bridgehead atoms. The molecule has 0 aliphatic carbocycles. The van der Waals surface area contributed by atoms with E-state index in [-0.39, 0.29) is 5.91 Å². The van der Waals surface area contributed by atoms with Crippen molar-refractivity contribution in [2.24, 2.45) is 0 Å². The van der Waals surface area contributed by atoms with Gasteiger partial charge in [0.25, 0.3) is 5.91 Å². The molecule has 0 unspecified atom stereocenters. The summed E-state index contributed by atoms with van der Waals surface area (Å²) in [6.07, 6.45) is 1.08. The molecule has 3 rings (SSSR count). The standard InChI is InChI=1S/C16H19NO2S2/c1-19-11-13-12-5-2-3-6-14(12)21-15(13)16(18)17-7-4-9-20-10-8-17/h2-3,5-6H,4,7-11H2,1H3. The Bertz CT molecular complexity index is 630. The van der Waals surface area contributed by atoms with Gasteiger partial charge in [0.05, 0.1) is 11.5 Å². The van der Waals surface area contributed by atoms with Gasteiger partial charge in [0.15, 0.2) is 0 Å².